The van der Waals surface area contributed by atoms with Crippen molar-refractivity contribution in [3.8, 4) is 0 Å². The van der Waals surface area contributed by atoms with Gasteiger partial charge in [-0.05, 0) is 42.4 Å². The maximum Gasteiger partial charge on any atom is 0.0702 e. The van der Waals surface area contributed by atoms with Gasteiger partial charge in [-0.25, -0.2) is 0 Å². The summed E-state index contributed by atoms with van der Waals surface area (Å²) in [6, 6.07) is 10.6. The van der Waals surface area contributed by atoms with E-state index in [1.54, 1.807) is 0 Å². The molecule has 2 heteroatoms. The molecular formula is C17H22N2. The number of aromatic nitrogens is 1. The van der Waals surface area contributed by atoms with Crippen LogP contribution in [0.4, 0.5) is 0 Å². The van der Waals surface area contributed by atoms with Crippen LogP contribution in [0.1, 0.15) is 50.6 Å². The molecule has 1 aromatic heterocycles. The van der Waals surface area contributed by atoms with Crippen LogP contribution in [0.3, 0.4) is 0 Å². The van der Waals surface area contributed by atoms with E-state index in [1.807, 2.05) is 12.3 Å². The maximum absolute atomic E-state index is 6.60. The largest absolute Gasteiger partial charge is 0.323 e. The monoisotopic (exact) mass is 254 g/mol. The van der Waals surface area contributed by atoms with Gasteiger partial charge in [-0.3, -0.25) is 4.98 Å². The van der Waals surface area contributed by atoms with Crippen LogP contribution in [0.2, 0.25) is 0 Å². The van der Waals surface area contributed by atoms with E-state index in [1.165, 1.54) is 43.1 Å². The zero-order valence-electron chi connectivity index (χ0n) is 11.6. The Kier molecular flexibility index (Phi) is 3.28. The molecule has 19 heavy (non-hydrogen) atoms. The van der Waals surface area contributed by atoms with Crippen molar-refractivity contribution in [2.45, 2.75) is 45.1 Å². The third-order valence-electron chi connectivity index (χ3n) is 4.93. The van der Waals surface area contributed by atoms with Crippen molar-refractivity contribution >= 4 is 10.9 Å². The van der Waals surface area contributed by atoms with E-state index in [-0.39, 0.29) is 6.04 Å². The van der Waals surface area contributed by atoms with Gasteiger partial charge in [0.25, 0.3) is 0 Å². The van der Waals surface area contributed by atoms with Crippen molar-refractivity contribution in [1.29, 1.82) is 0 Å². The smallest absolute Gasteiger partial charge is 0.0702 e. The van der Waals surface area contributed by atoms with E-state index in [2.05, 4.69) is 36.2 Å². The highest BCUT2D eigenvalue weighted by atomic mass is 14.7. The number of nitrogens with zero attached hydrogens (tertiary/aromatic N) is 1. The van der Waals surface area contributed by atoms with Crippen LogP contribution < -0.4 is 5.73 Å². The Balaban J connectivity index is 1.99. The van der Waals surface area contributed by atoms with E-state index in [4.69, 9.17) is 5.73 Å². The van der Waals surface area contributed by atoms with E-state index in [0.717, 1.165) is 5.52 Å². The van der Waals surface area contributed by atoms with Crippen LogP contribution in [-0.2, 0) is 0 Å². The van der Waals surface area contributed by atoms with Crippen molar-refractivity contribution in [1.82, 2.24) is 4.98 Å². The van der Waals surface area contributed by atoms with Gasteiger partial charge in [0, 0.05) is 17.6 Å². The molecule has 1 aromatic carbocycles. The van der Waals surface area contributed by atoms with Gasteiger partial charge < -0.3 is 5.73 Å². The van der Waals surface area contributed by atoms with Gasteiger partial charge in [-0.15, -0.1) is 0 Å². The standard InChI is InChI=1S/C17H22N2/c1-2-17(9-5-6-10-17)16(18)14-11-13-7-3-4-8-15(13)19-12-14/h3-4,7-8,11-12,16H,2,5-6,9-10,18H2,1H3. The summed E-state index contributed by atoms with van der Waals surface area (Å²) < 4.78 is 0. The third kappa shape index (κ3) is 2.14. The fourth-order valence-corrected chi connectivity index (χ4v) is 3.58. The molecule has 100 valence electrons. The molecule has 3 rings (SSSR count). The van der Waals surface area contributed by atoms with E-state index >= 15 is 0 Å². The summed E-state index contributed by atoms with van der Waals surface area (Å²) in [5.74, 6) is 0. The number of fused-ring (bicyclic) bond motifs is 1. The minimum Gasteiger partial charge on any atom is -0.323 e. The molecule has 0 bridgehead atoms. The number of benzene rings is 1. The van der Waals surface area contributed by atoms with Gasteiger partial charge in [0.05, 0.1) is 5.52 Å². The Morgan fingerprint density at radius 2 is 2.00 bits per heavy atom. The quantitative estimate of drug-likeness (QED) is 0.891. The number of pyridine rings is 1. The van der Waals surface area contributed by atoms with Crippen LogP contribution in [0.5, 0.6) is 0 Å². The SMILES string of the molecule is CCC1(C(N)c2cnc3ccccc3c2)CCCC1. The Morgan fingerprint density at radius 3 is 2.74 bits per heavy atom. The number of rotatable bonds is 3. The first-order chi connectivity index (χ1) is 9.25. The van der Waals surface area contributed by atoms with Gasteiger partial charge in [0.1, 0.15) is 0 Å². The first-order valence-corrected chi connectivity index (χ1v) is 7.35. The van der Waals surface area contributed by atoms with Crippen LogP contribution >= 0.6 is 0 Å². The predicted octanol–water partition coefficient (Wildman–Crippen LogP) is 4.21. The molecule has 2 N–H and O–H groups in total. The number of nitrogens with two attached hydrogens (primary N) is 1. The van der Waals surface area contributed by atoms with E-state index in [9.17, 15) is 0 Å². The van der Waals surface area contributed by atoms with Crippen LogP contribution in [0.25, 0.3) is 10.9 Å². The molecule has 1 aliphatic carbocycles. The minimum absolute atomic E-state index is 0.122. The first kappa shape index (κ1) is 12.6. The van der Waals surface area contributed by atoms with E-state index < -0.39 is 0 Å². The Morgan fingerprint density at radius 1 is 1.26 bits per heavy atom. The lowest BCUT2D eigenvalue weighted by atomic mass is 9.74. The zero-order valence-corrected chi connectivity index (χ0v) is 11.6. The third-order valence-corrected chi connectivity index (χ3v) is 4.93. The summed E-state index contributed by atoms with van der Waals surface area (Å²) in [5, 5.41) is 1.19. The minimum atomic E-state index is 0.122. The maximum atomic E-state index is 6.60. The first-order valence-electron chi connectivity index (χ1n) is 7.35. The summed E-state index contributed by atoms with van der Waals surface area (Å²) in [7, 11) is 0. The average molecular weight is 254 g/mol. The highest BCUT2D eigenvalue weighted by molar-refractivity contribution is 5.78. The summed E-state index contributed by atoms with van der Waals surface area (Å²) in [6.45, 7) is 2.28. The molecule has 1 unspecified atom stereocenters. The number of hydrogen-bond acceptors (Lipinski definition) is 2. The fraction of sp³-hybridized carbons (Fsp3) is 0.471. The second-order valence-corrected chi connectivity index (χ2v) is 5.86. The summed E-state index contributed by atoms with van der Waals surface area (Å²) in [5.41, 5.74) is 9.14. The Labute approximate surface area is 115 Å². The second-order valence-electron chi connectivity index (χ2n) is 5.86. The summed E-state index contributed by atoms with van der Waals surface area (Å²) in [6.07, 6.45) is 8.31. The number of hydrogen-bond donors (Lipinski definition) is 1. The van der Waals surface area contributed by atoms with Crippen LogP contribution in [0, 0.1) is 5.41 Å². The summed E-state index contributed by atoms with van der Waals surface area (Å²) in [4.78, 5) is 4.56. The molecule has 1 aliphatic rings. The second kappa shape index (κ2) is 4.93. The lowest BCUT2D eigenvalue weighted by Crippen LogP contribution is -2.31. The molecule has 1 saturated carbocycles. The number of para-hydroxylation sites is 1. The van der Waals surface area contributed by atoms with Gasteiger partial charge in [0.15, 0.2) is 0 Å². The van der Waals surface area contributed by atoms with Crippen molar-refractivity contribution in [3.05, 3.63) is 42.1 Å². The zero-order chi connectivity index (χ0) is 13.3. The lowest BCUT2D eigenvalue weighted by molar-refractivity contribution is 0.222. The lowest BCUT2D eigenvalue weighted by Gasteiger charge is -2.34. The predicted molar refractivity (Wildman–Crippen MR) is 79.9 cm³/mol. The molecular weight excluding hydrogens is 232 g/mol. The Bertz CT molecular complexity index is 570. The van der Waals surface area contributed by atoms with Gasteiger partial charge in [-0.1, -0.05) is 38.0 Å². The molecule has 0 spiro atoms. The normalized spacial score (nSPS) is 19.7. The van der Waals surface area contributed by atoms with Gasteiger partial charge >= 0.3 is 0 Å². The fourth-order valence-electron chi connectivity index (χ4n) is 3.58. The molecule has 0 saturated heterocycles. The van der Waals surface area contributed by atoms with E-state index in [0.29, 0.717) is 5.41 Å². The highest BCUT2D eigenvalue weighted by Crippen LogP contribution is 2.48. The molecule has 2 aromatic rings. The Hall–Kier alpha value is -1.41. The molecule has 0 radical (unpaired) electrons. The van der Waals surface area contributed by atoms with Crippen molar-refractivity contribution in [3.63, 3.8) is 0 Å². The highest BCUT2D eigenvalue weighted by Gasteiger charge is 2.38. The molecule has 1 atom stereocenters. The molecule has 0 amide bonds. The molecule has 1 fully saturated rings. The van der Waals surface area contributed by atoms with Gasteiger partial charge in [0.2, 0.25) is 0 Å². The average Bonchev–Trinajstić information content (AvgIpc) is 2.96. The molecule has 1 heterocycles. The van der Waals surface area contributed by atoms with Gasteiger partial charge in [-0.2, -0.15) is 0 Å². The van der Waals surface area contributed by atoms with Crippen molar-refractivity contribution in [2.75, 3.05) is 0 Å². The summed E-state index contributed by atoms with van der Waals surface area (Å²) >= 11 is 0. The van der Waals surface area contributed by atoms with Crippen LogP contribution in [-0.4, -0.2) is 4.98 Å². The topological polar surface area (TPSA) is 38.9 Å². The molecule has 0 aliphatic heterocycles. The van der Waals surface area contributed by atoms with Crippen molar-refractivity contribution < 1.29 is 0 Å². The molecule has 2 nitrogen and oxygen atoms in total. The van der Waals surface area contributed by atoms with Crippen LogP contribution in [0.15, 0.2) is 36.5 Å². The van der Waals surface area contributed by atoms with Crippen molar-refractivity contribution in [2.24, 2.45) is 11.1 Å².